The van der Waals surface area contributed by atoms with E-state index in [2.05, 4.69) is 51.5 Å². The number of benzene rings is 3. The van der Waals surface area contributed by atoms with Crippen LogP contribution in [0.3, 0.4) is 0 Å². The van der Waals surface area contributed by atoms with Crippen molar-refractivity contribution in [2.75, 3.05) is 53.0 Å². The fraction of sp³-hybridized carbons (Fsp3) is 0.387. The van der Waals surface area contributed by atoms with E-state index in [-0.39, 0.29) is 43.5 Å². The second-order valence-corrected chi connectivity index (χ2v) is 10.1. The minimum atomic E-state index is -0.923. The fourth-order valence-electron chi connectivity index (χ4n) is 4.59. The summed E-state index contributed by atoms with van der Waals surface area (Å²) in [7, 11) is 1.84. The Balaban J connectivity index is 0.000000509. The largest absolute Gasteiger partial charge is 0.480 e. The number of hydrogen-bond acceptors (Lipinski definition) is 6. The Bertz CT molecular complexity index is 1100. The van der Waals surface area contributed by atoms with E-state index in [9.17, 15) is 9.90 Å². The molecule has 0 aliphatic carbocycles. The Hall–Kier alpha value is -2.20. The molecule has 10 heteroatoms. The molecule has 0 spiro atoms. The van der Waals surface area contributed by atoms with Crippen LogP contribution in [0, 0.1) is 0 Å². The maximum atomic E-state index is 10.5. The fourth-order valence-corrected chi connectivity index (χ4v) is 4.72. The lowest BCUT2D eigenvalue weighted by molar-refractivity contribution is -0.142. The third kappa shape index (κ3) is 12.3. The standard InChI is InChI=1S/C21H25ClN2O3.C10H15NO.2ClH/c22-19-8-6-18(7-9-19)21(17-4-2-1-3-5-17)24-12-10-23(11-13-24)14-15-27-16-20(25)26;1-8(11-2)10(12)9-6-4-3-5-7-9;;/h1-9,21H,10-16H2,(H,25,26);3-8,10-12H,1-2H3;2*1H/t;8-,10+;;/m.0../s1. The first-order valence-electron chi connectivity index (χ1n) is 13.4. The maximum Gasteiger partial charge on any atom is 0.329 e. The third-order valence-corrected chi connectivity index (χ3v) is 7.17. The number of carboxylic acid groups (broad SMARTS) is 1. The second-order valence-electron chi connectivity index (χ2n) is 9.62. The summed E-state index contributed by atoms with van der Waals surface area (Å²) in [6.07, 6.45) is -0.420. The quantitative estimate of drug-likeness (QED) is 0.249. The molecule has 4 rings (SSSR count). The average molecular weight is 627 g/mol. The van der Waals surface area contributed by atoms with Crippen molar-refractivity contribution in [2.45, 2.75) is 25.1 Å². The highest BCUT2D eigenvalue weighted by Crippen LogP contribution is 2.30. The summed E-state index contributed by atoms with van der Waals surface area (Å²) in [5.74, 6) is -0.923. The Morgan fingerprint density at radius 3 is 1.90 bits per heavy atom. The van der Waals surface area contributed by atoms with Gasteiger partial charge in [0.25, 0.3) is 0 Å². The number of hydrogen-bond donors (Lipinski definition) is 3. The molecule has 1 saturated heterocycles. The van der Waals surface area contributed by atoms with Crippen molar-refractivity contribution in [1.29, 1.82) is 0 Å². The van der Waals surface area contributed by atoms with Crippen LogP contribution in [-0.2, 0) is 9.53 Å². The zero-order valence-corrected chi connectivity index (χ0v) is 26.0. The summed E-state index contributed by atoms with van der Waals surface area (Å²) in [6, 6.07) is 28.6. The monoisotopic (exact) mass is 625 g/mol. The highest BCUT2D eigenvalue weighted by atomic mass is 35.5. The zero-order valence-electron chi connectivity index (χ0n) is 23.6. The van der Waals surface area contributed by atoms with Crippen molar-refractivity contribution in [1.82, 2.24) is 15.1 Å². The smallest absolute Gasteiger partial charge is 0.329 e. The molecule has 0 bridgehead atoms. The average Bonchev–Trinajstić information content (AvgIpc) is 2.97. The van der Waals surface area contributed by atoms with Gasteiger partial charge in [0.15, 0.2) is 0 Å². The molecular weight excluding hydrogens is 585 g/mol. The summed E-state index contributed by atoms with van der Waals surface area (Å²) in [5.41, 5.74) is 3.47. The number of nitrogens with one attached hydrogen (secondary N) is 1. The van der Waals surface area contributed by atoms with E-state index in [0.29, 0.717) is 6.61 Å². The van der Waals surface area contributed by atoms with Gasteiger partial charge < -0.3 is 20.3 Å². The molecule has 0 aromatic heterocycles. The molecule has 226 valence electrons. The van der Waals surface area contributed by atoms with Crippen LogP contribution in [0.5, 0.6) is 0 Å². The third-order valence-electron chi connectivity index (χ3n) is 6.92. The van der Waals surface area contributed by atoms with Gasteiger partial charge in [0.1, 0.15) is 6.61 Å². The number of aliphatic hydroxyl groups is 1. The van der Waals surface area contributed by atoms with Crippen LogP contribution in [0.25, 0.3) is 0 Å². The maximum absolute atomic E-state index is 10.5. The molecule has 1 heterocycles. The lowest BCUT2D eigenvalue weighted by Gasteiger charge is -2.39. The Labute approximate surface area is 261 Å². The van der Waals surface area contributed by atoms with Crippen molar-refractivity contribution < 1.29 is 19.7 Å². The van der Waals surface area contributed by atoms with Gasteiger partial charge in [0.05, 0.1) is 18.8 Å². The number of likely N-dealkylation sites (N-methyl/N-ethyl adjacent to an activating group) is 1. The van der Waals surface area contributed by atoms with E-state index in [0.717, 1.165) is 43.3 Å². The highest BCUT2D eigenvalue weighted by Gasteiger charge is 2.26. The summed E-state index contributed by atoms with van der Waals surface area (Å²) in [5, 5.41) is 22.1. The Morgan fingerprint density at radius 2 is 1.39 bits per heavy atom. The first-order chi connectivity index (χ1) is 18.9. The minimum absolute atomic E-state index is 0. The lowest BCUT2D eigenvalue weighted by Crippen LogP contribution is -2.48. The molecule has 1 fully saturated rings. The Morgan fingerprint density at radius 1 is 0.878 bits per heavy atom. The van der Waals surface area contributed by atoms with Crippen LogP contribution in [0.2, 0.25) is 5.02 Å². The van der Waals surface area contributed by atoms with Crippen LogP contribution >= 0.6 is 36.4 Å². The Kier molecular flexibility index (Phi) is 17.8. The van der Waals surface area contributed by atoms with Crippen LogP contribution in [-0.4, -0.2) is 85.0 Å². The predicted octanol–water partition coefficient (Wildman–Crippen LogP) is 5.32. The highest BCUT2D eigenvalue weighted by molar-refractivity contribution is 6.30. The van der Waals surface area contributed by atoms with Crippen LogP contribution in [0.15, 0.2) is 84.9 Å². The van der Waals surface area contributed by atoms with Gasteiger partial charge in [-0.2, -0.15) is 0 Å². The number of aliphatic carboxylic acids is 1. The first kappa shape index (κ1) is 36.8. The number of ether oxygens (including phenoxy) is 1. The van der Waals surface area contributed by atoms with Crippen molar-refractivity contribution in [3.63, 3.8) is 0 Å². The molecule has 41 heavy (non-hydrogen) atoms. The van der Waals surface area contributed by atoms with Gasteiger partial charge in [-0.05, 0) is 42.8 Å². The minimum Gasteiger partial charge on any atom is -0.480 e. The van der Waals surface area contributed by atoms with Gasteiger partial charge in [-0.25, -0.2) is 4.79 Å². The van der Waals surface area contributed by atoms with Crippen LogP contribution in [0.4, 0.5) is 0 Å². The molecule has 3 N–H and O–H groups in total. The van der Waals surface area contributed by atoms with Crippen LogP contribution < -0.4 is 5.32 Å². The van der Waals surface area contributed by atoms with E-state index in [1.54, 1.807) is 0 Å². The van der Waals surface area contributed by atoms with Crippen molar-refractivity contribution in [3.8, 4) is 0 Å². The molecule has 3 aromatic rings. The molecule has 7 nitrogen and oxygen atoms in total. The van der Waals surface area contributed by atoms with Gasteiger partial charge in [0, 0.05) is 43.8 Å². The summed E-state index contributed by atoms with van der Waals surface area (Å²) >= 11 is 6.08. The molecule has 3 aromatic carbocycles. The number of aliphatic hydroxyl groups excluding tert-OH is 1. The lowest BCUT2D eigenvalue weighted by atomic mass is 9.96. The van der Waals surface area contributed by atoms with E-state index >= 15 is 0 Å². The van der Waals surface area contributed by atoms with E-state index in [4.69, 9.17) is 21.4 Å². The zero-order chi connectivity index (χ0) is 28.0. The number of carbonyl (C=O) groups is 1. The molecule has 1 aliphatic heterocycles. The second kappa shape index (κ2) is 19.8. The van der Waals surface area contributed by atoms with Gasteiger partial charge >= 0.3 is 5.97 Å². The predicted molar refractivity (Wildman–Crippen MR) is 171 cm³/mol. The van der Waals surface area contributed by atoms with E-state index in [1.807, 2.05) is 62.5 Å². The number of rotatable bonds is 11. The van der Waals surface area contributed by atoms with Gasteiger partial charge in [0.2, 0.25) is 0 Å². The topological polar surface area (TPSA) is 85.3 Å². The normalized spacial score (nSPS) is 15.7. The SMILES string of the molecule is CN[C@@H](C)[C@@H](O)c1ccccc1.Cl.Cl.O=C(O)COCCN1CCN(C(c2ccccc2)c2ccc(Cl)cc2)CC1. The number of carboxylic acids is 1. The van der Waals surface area contributed by atoms with E-state index < -0.39 is 12.1 Å². The molecule has 0 amide bonds. The van der Waals surface area contributed by atoms with Gasteiger partial charge in [-0.1, -0.05) is 84.4 Å². The molecule has 0 radical (unpaired) electrons. The van der Waals surface area contributed by atoms with Crippen molar-refractivity contribution in [2.24, 2.45) is 0 Å². The molecule has 1 unspecified atom stereocenters. The summed E-state index contributed by atoms with van der Waals surface area (Å²) in [6.45, 7) is 6.71. The van der Waals surface area contributed by atoms with E-state index in [1.165, 1.54) is 11.1 Å². The molecular formula is C31H42Cl3N3O4. The van der Waals surface area contributed by atoms with Crippen molar-refractivity contribution >= 4 is 42.4 Å². The number of nitrogens with zero attached hydrogens (tertiary/aromatic N) is 2. The summed E-state index contributed by atoms with van der Waals surface area (Å²) < 4.78 is 5.15. The van der Waals surface area contributed by atoms with Crippen LogP contribution in [0.1, 0.15) is 35.8 Å². The first-order valence-corrected chi connectivity index (χ1v) is 13.7. The molecule has 3 atom stereocenters. The summed E-state index contributed by atoms with van der Waals surface area (Å²) in [4.78, 5) is 15.3. The van der Waals surface area contributed by atoms with Crippen molar-refractivity contribution in [3.05, 3.63) is 107 Å². The molecule has 1 aliphatic rings. The van der Waals surface area contributed by atoms with Gasteiger partial charge in [-0.15, -0.1) is 24.8 Å². The number of halogens is 3. The number of piperazine rings is 1. The molecule has 0 saturated carbocycles. The van der Waals surface area contributed by atoms with Gasteiger partial charge in [-0.3, -0.25) is 9.80 Å².